The third-order valence-corrected chi connectivity index (χ3v) is 5.38. The number of aryl methyl sites for hydroxylation is 1. The van der Waals surface area contributed by atoms with Gasteiger partial charge in [0, 0.05) is 59.1 Å². The van der Waals surface area contributed by atoms with Crippen molar-refractivity contribution in [2.75, 3.05) is 52.2 Å². The highest BCUT2D eigenvalue weighted by Crippen LogP contribution is 2.17. The van der Waals surface area contributed by atoms with Gasteiger partial charge in [0.05, 0.1) is 6.54 Å². The average molecular weight is 403 g/mol. The van der Waals surface area contributed by atoms with E-state index in [9.17, 15) is 4.79 Å². The third-order valence-electron chi connectivity index (χ3n) is 5.38. The molecule has 1 aliphatic heterocycles. The van der Waals surface area contributed by atoms with Gasteiger partial charge in [0.2, 0.25) is 5.91 Å². The van der Waals surface area contributed by atoms with Gasteiger partial charge in [0.1, 0.15) is 0 Å². The van der Waals surface area contributed by atoms with Crippen LogP contribution in [0.25, 0.3) is 0 Å². The Hall–Kier alpha value is -2.28. The summed E-state index contributed by atoms with van der Waals surface area (Å²) in [4.78, 5) is 20.6. The van der Waals surface area contributed by atoms with Crippen LogP contribution in [0.5, 0.6) is 0 Å². The maximum absolute atomic E-state index is 11.9. The van der Waals surface area contributed by atoms with Crippen molar-refractivity contribution in [3.63, 3.8) is 0 Å². The van der Waals surface area contributed by atoms with Crippen LogP contribution in [0, 0.1) is 6.92 Å². The van der Waals surface area contributed by atoms with Crippen LogP contribution in [0.4, 0.5) is 5.69 Å². The van der Waals surface area contributed by atoms with Crippen molar-refractivity contribution in [3.05, 3.63) is 29.3 Å². The molecule has 1 aliphatic rings. The van der Waals surface area contributed by atoms with E-state index in [1.807, 2.05) is 7.05 Å². The molecule has 0 bridgehead atoms. The zero-order valence-corrected chi connectivity index (χ0v) is 18.7. The van der Waals surface area contributed by atoms with Gasteiger partial charge in [-0.15, -0.1) is 0 Å². The van der Waals surface area contributed by atoms with Crippen molar-refractivity contribution < 1.29 is 4.79 Å². The Balaban J connectivity index is 1.76. The van der Waals surface area contributed by atoms with Gasteiger partial charge in [-0.3, -0.25) is 14.7 Å². The van der Waals surface area contributed by atoms with E-state index in [1.54, 1.807) is 0 Å². The molecule has 0 unspecified atom stereocenters. The normalized spacial score (nSPS) is 15.8. The molecular weight excluding hydrogens is 364 g/mol. The second kappa shape index (κ2) is 11.7. The van der Waals surface area contributed by atoms with Crippen LogP contribution >= 0.6 is 0 Å². The smallest absolute Gasteiger partial charge is 0.234 e. The summed E-state index contributed by atoms with van der Waals surface area (Å²) in [6, 6.07) is 6.91. The highest BCUT2D eigenvalue weighted by molar-refractivity contribution is 5.80. The number of likely N-dealkylation sites (tertiary alicyclic amines) is 1. The Morgan fingerprint density at radius 1 is 1.24 bits per heavy atom. The molecule has 0 radical (unpaired) electrons. The van der Waals surface area contributed by atoms with Crippen molar-refractivity contribution in [2.24, 2.45) is 4.99 Å². The number of carbonyl (C=O) groups is 1. The quantitative estimate of drug-likeness (QED) is 0.456. The van der Waals surface area contributed by atoms with Gasteiger partial charge < -0.3 is 20.9 Å². The lowest BCUT2D eigenvalue weighted by Gasteiger charge is -2.32. The van der Waals surface area contributed by atoms with Crippen LogP contribution in [-0.2, 0) is 11.3 Å². The molecule has 0 aliphatic carbocycles. The molecule has 7 heteroatoms. The van der Waals surface area contributed by atoms with Crippen molar-refractivity contribution in [2.45, 2.75) is 45.7 Å². The van der Waals surface area contributed by atoms with Gasteiger partial charge in [0.15, 0.2) is 5.96 Å². The SMILES string of the molecule is CCCNC(=O)CN1CCC(NC(=NC)NCc2ccc(N(C)C)cc2C)CC1. The maximum atomic E-state index is 11.9. The lowest BCUT2D eigenvalue weighted by atomic mass is 10.1. The number of amides is 1. The minimum absolute atomic E-state index is 0.131. The van der Waals surface area contributed by atoms with E-state index in [4.69, 9.17) is 0 Å². The summed E-state index contributed by atoms with van der Waals surface area (Å²) < 4.78 is 0. The Kier molecular flexibility index (Phi) is 9.25. The molecule has 0 saturated carbocycles. The fraction of sp³-hybridized carbons (Fsp3) is 0.636. The fourth-order valence-electron chi connectivity index (χ4n) is 3.48. The molecule has 1 fully saturated rings. The lowest BCUT2D eigenvalue weighted by molar-refractivity contribution is -0.122. The summed E-state index contributed by atoms with van der Waals surface area (Å²) in [5.74, 6) is 0.964. The second-order valence-electron chi connectivity index (χ2n) is 7.98. The Bertz CT molecular complexity index is 680. The van der Waals surface area contributed by atoms with Crippen LogP contribution in [-0.4, -0.2) is 70.1 Å². The standard InChI is InChI=1S/C22H38N6O/c1-6-11-24-21(29)16-28-12-9-19(10-13-28)26-22(23-3)25-15-18-7-8-20(27(4)5)14-17(18)2/h7-8,14,19H,6,9-13,15-16H2,1-5H3,(H,24,29)(H2,23,25,26). The largest absolute Gasteiger partial charge is 0.378 e. The lowest BCUT2D eigenvalue weighted by Crippen LogP contribution is -2.50. The minimum atomic E-state index is 0.131. The van der Waals surface area contributed by atoms with Gasteiger partial charge in [-0.05, 0) is 49.4 Å². The second-order valence-corrected chi connectivity index (χ2v) is 7.98. The van der Waals surface area contributed by atoms with E-state index in [0.717, 1.165) is 51.4 Å². The summed E-state index contributed by atoms with van der Waals surface area (Å²) in [5.41, 5.74) is 3.75. The van der Waals surface area contributed by atoms with E-state index in [1.165, 1.54) is 16.8 Å². The summed E-state index contributed by atoms with van der Waals surface area (Å²) >= 11 is 0. The fourth-order valence-corrected chi connectivity index (χ4v) is 3.48. The van der Waals surface area contributed by atoms with Crippen LogP contribution < -0.4 is 20.9 Å². The molecule has 0 aromatic heterocycles. The molecule has 1 heterocycles. The topological polar surface area (TPSA) is 72.0 Å². The zero-order valence-electron chi connectivity index (χ0n) is 18.7. The van der Waals surface area contributed by atoms with E-state index in [0.29, 0.717) is 12.6 Å². The number of hydrogen-bond donors (Lipinski definition) is 3. The predicted octanol–water partition coefficient (Wildman–Crippen LogP) is 1.72. The summed E-state index contributed by atoms with van der Waals surface area (Å²) in [6.45, 7) is 8.08. The molecule has 7 nitrogen and oxygen atoms in total. The monoisotopic (exact) mass is 402 g/mol. The highest BCUT2D eigenvalue weighted by Gasteiger charge is 2.21. The van der Waals surface area contributed by atoms with Gasteiger partial charge in [-0.25, -0.2) is 0 Å². The van der Waals surface area contributed by atoms with E-state index >= 15 is 0 Å². The number of nitrogens with zero attached hydrogens (tertiary/aromatic N) is 3. The molecule has 1 aromatic carbocycles. The Labute approximate surface area is 175 Å². The van der Waals surface area contributed by atoms with Gasteiger partial charge >= 0.3 is 0 Å². The molecule has 0 atom stereocenters. The number of guanidine groups is 1. The first-order valence-corrected chi connectivity index (χ1v) is 10.7. The van der Waals surface area contributed by atoms with E-state index in [2.05, 4.69) is 76.9 Å². The number of anilines is 1. The first-order chi connectivity index (χ1) is 13.9. The average Bonchev–Trinajstić information content (AvgIpc) is 2.71. The minimum Gasteiger partial charge on any atom is -0.378 e. The van der Waals surface area contributed by atoms with E-state index in [-0.39, 0.29) is 5.91 Å². The first kappa shape index (κ1) is 23.0. The molecule has 3 N–H and O–H groups in total. The Morgan fingerprint density at radius 2 is 1.97 bits per heavy atom. The van der Waals surface area contributed by atoms with Crippen LogP contribution in [0.1, 0.15) is 37.3 Å². The molecule has 1 saturated heterocycles. The van der Waals surface area contributed by atoms with Gasteiger partial charge in [0.25, 0.3) is 0 Å². The number of aliphatic imine (C=N–C) groups is 1. The van der Waals surface area contributed by atoms with Gasteiger partial charge in [-0.2, -0.15) is 0 Å². The van der Waals surface area contributed by atoms with Crippen molar-refractivity contribution in [1.82, 2.24) is 20.9 Å². The van der Waals surface area contributed by atoms with E-state index < -0.39 is 0 Å². The number of carbonyl (C=O) groups excluding carboxylic acids is 1. The number of hydrogen-bond acceptors (Lipinski definition) is 4. The number of nitrogens with one attached hydrogen (secondary N) is 3. The molecule has 29 heavy (non-hydrogen) atoms. The molecule has 162 valence electrons. The molecule has 2 rings (SSSR count). The van der Waals surface area contributed by atoms with Crippen molar-refractivity contribution in [3.8, 4) is 0 Å². The summed E-state index contributed by atoms with van der Waals surface area (Å²) in [6.07, 6.45) is 3.00. The maximum Gasteiger partial charge on any atom is 0.234 e. The number of piperidine rings is 1. The molecular formula is C22H38N6O. The van der Waals surface area contributed by atoms with Crippen LogP contribution in [0.3, 0.4) is 0 Å². The van der Waals surface area contributed by atoms with Gasteiger partial charge in [-0.1, -0.05) is 13.0 Å². The van der Waals surface area contributed by atoms with Crippen molar-refractivity contribution >= 4 is 17.6 Å². The predicted molar refractivity (Wildman–Crippen MR) is 122 cm³/mol. The number of benzene rings is 1. The molecule has 1 aromatic rings. The van der Waals surface area contributed by atoms with Crippen LogP contribution in [0.2, 0.25) is 0 Å². The first-order valence-electron chi connectivity index (χ1n) is 10.7. The van der Waals surface area contributed by atoms with Crippen LogP contribution in [0.15, 0.2) is 23.2 Å². The zero-order chi connectivity index (χ0) is 21.2. The summed E-state index contributed by atoms with van der Waals surface area (Å²) in [5, 5.41) is 9.92. The molecule has 0 spiro atoms. The third kappa shape index (κ3) is 7.57. The highest BCUT2D eigenvalue weighted by atomic mass is 16.2. The Morgan fingerprint density at radius 3 is 2.55 bits per heavy atom. The van der Waals surface area contributed by atoms with Crippen molar-refractivity contribution in [1.29, 1.82) is 0 Å². The summed E-state index contributed by atoms with van der Waals surface area (Å²) in [7, 11) is 5.92. The number of rotatable bonds is 8. The molecule has 1 amide bonds.